The largest absolute Gasteiger partial charge is 0.550 e. The quantitative estimate of drug-likeness (QED) is 0.755. The first kappa shape index (κ1) is 18.3. The predicted octanol–water partition coefficient (Wildman–Crippen LogP) is 2.97. The molecule has 0 saturated heterocycles. The van der Waals surface area contributed by atoms with Crippen molar-refractivity contribution in [3.63, 3.8) is 0 Å². The zero-order valence-corrected chi connectivity index (χ0v) is 15.9. The number of hydrogen-bond acceptors (Lipinski definition) is 4. The molecule has 0 fully saturated rings. The number of hydrogen-bond donors (Lipinski definition) is 0. The summed E-state index contributed by atoms with van der Waals surface area (Å²) < 4.78 is 0.953. The molecule has 1 heterocycles. The number of rotatable bonds is 5. The average molecular weight is 414 g/mol. The summed E-state index contributed by atoms with van der Waals surface area (Å²) in [6, 6.07) is 15.5. The van der Waals surface area contributed by atoms with E-state index < -0.39 is 5.97 Å². The Labute approximate surface area is 160 Å². The van der Waals surface area contributed by atoms with Gasteiger partial charge in [0.25, 0.3) is 0 Å². The highest BCUT2D eigenvalue weighted by atomic mass is 79.9. The van der Waals surface area contributed by atoms with E-state index in [-0.39, 0.29) is 24.8 Å². The summed E-state index contributed by atoms with van der Waals surface area (Å²) in [5.41, 5.74) is 3.90. The van der Waals surface area contributed by atoms with E-state index in [1.807, 2.05) is 55.5 Å². The standard InChI is InChI=1S/C20H19BrN2O3/c1-13-2-4-14(5-3-13)17-12-18(15-6-8-16(21)9-7-15)23(22-17)19(24)10-11-20(25)26/h2-9,18H,10-12H2,1H3,(H,25,26)/p-1/t18-/m0/s1. The van der Waals surface area contributed by atoms with Crippen LogP contribution < -0.4 is 5.11 Å². The molecular weight excluding hydrogens is 396 g/mol. The highest BCUT2D eigenvalue weighted by Crippen LogP contribution is 2.34. The zero-order chi connectivity index (χ0) is 18.7. The molecule has 5 nitrogen and oxygen atoms in total. The minimum Gasteiger partial charge on any atom is -0.550 e. The highest BCUT2D eigenvalue weighted by molar-refractivity contribution is 9.10. The van der Waals surface area contributed by atoms with Gasteiger partial charge in [-0.25, -0.2) is 5.01 Å². The van der Waals surface area contributed by atoms with Gasteiger partial charge in [-0.15, -0.1) is 0 Å². The van der Waals surface area contributed by atoms with Gasteiger partial charge in [0.05, 0.1) is 11.8 Å². The molecule has 0 radical (unpaired) electrons. The Hall–Kier alpha value is -2.47. The number of aryl methyl sites for hydroxylation is 1. The van der Waals surface area contributed by atoms with Gasteiger partial charge in [-0.05, 0) is 36.6 Å². The number of nitrogens with zero attached hydrogens (tertiary/aromatic N) is 2. The molecule has 2 aromatic rings. The Morgan fingerprint density at radius 1 is 1.12 bits per heavy atom. The predicted molar refractivity (Wildman–Crippen MR) is 100 cm³/mol. The Morgan fingerprint density at radius 3 is 2.38 bits per heavy atom. The number of carbonyl (C=O) groups is 2. The fraction of sp³-hybridized carbons (Fsp3) is 0.250. The maximum atomic E-state index is 12.5. The summed E-state index contributed by atoms with van der Waals surface area (Å²) in [5.74, 6) is -1.55. The summed E-state index contributed by atoms with van der Waals surface area (Å²) in [6.45, 7) is 2.01. The Kier molecular flexibility index (Phi) is 5.52. The van der Waals surface area contributed by atoms with Gasteiger partial charge in [0.15, 0.2) is 0 Å². The number of halogens is 1. The highest BCUT2D eigenvalue weighted by Gasteiger charge is 2.32. The van der Waals surface area contributed by atoms with E-state index in [2.05, 4.69) is 21.0 Å². The van der Waals surface area contributed by atoms with Gasteiger partial charge >= 0.3 is 0 Å². The van der Waals surface area contributed by atoms with Crippen molar-refractivity contribution in [2.45, 2.75) is 32.2 Å². The molecule has 0 bridgehead atoms. The van der Waals surface area contributed by atoms with E-state index in [1.165, 1.54) is 5.01 Å². The van der Waals surface area contributed by atoms with E-state index in [0.29, 0.717) is 6.42 Å². The van der Waals surface area contributed by atoms with Crippen molar-refractivity contribution < 1.29 is 14.7 Å². The van der Waals surface area contributed by atoms with Gasteiger partial charge in [0.1, 0.15) is 0 Å². The number of benzene rings is 2. The van der Waals surface area contributed by atoms with Gasteiger partial charge < -0.3 is 9.90 Å². The maximum absolute atomic E-state index is 12.5. The summed E-state index contributed by atoms with van der Waals surface area (Å²) in [7, 11) is 0. The summed E-state index contributed by atoms with van der Waals surface area (Å²) in [5, 5.41) is 16.6. The Bertz CT molecular complexity index is 844. The molecule has 1 aliphatic heterocycles. The fourth-order valence-corrected chi connectivity index (χ4v) is 3.19. The van der Waals surface area contributed by atoms with Crippen molar-refractivity contribution in [2.24, 2.45) is 5.10 Å². The Morgan fingerprint density at radius 2 is 1.77 bits per heavy atom. The lowest BCUT2D eigenvalue weighted by Crippen LogP contribution is -2.29. The van der Waals surface area contributed by atoms with E-state index >= 15 is 0 Å². The lowest BCUT2D eigenvalue weighted by molar-refractivity contribution is -0.305. The van der Waals surface area contributed by atoms with Crippen LogP contribution in [-0.4, -0.2) is 22.6 Å². The van der Waals surface area contributed by atoms with Crippen LogP contribution >= 0.6 is 15.9 Å². The molecule has 0 aromatic heterocycles. The topological polar surface area (TPSA) is 72.8 Å². The monoisotopic (exact) mass is 413 g/mol. The first-order valence-corrected chi connectivity index (χ1v) is 9.15. The van der Waals surface area contributed by atoms with Gasteiger partial charge in [0.2, 0.25) is 5.91 Å². The molecule has 0 aliphatic carbocycles. The Balaban J connectivity index is 1.89. The second-order valence-electron chi connectivity index (χ2n) is 6.29. The summed E-state index contributed by atoms with van der Waals surface area (Å²) in [6.07, 6.45) is 0.152. The van der Waals surface area contributed by atoms with Crippen molar-refractivity contribution in [1.82, 2.24) is 5.01 Å². The smallest absolute Gasteiger partial charge is 0.243 e. The lowest BCUT2D eigenvalue weighted by atomic mass is 9.98. The number of amides is 1. The molecule has 6 heteroatoms. The van der Waals surface area contributed by atoms with Crippen LogP contribution in [0, 0.1) is 6.92 Å². The second-order valence-corrected chi connectivity index (χ2v) is 7.21. The van der Waals surface area contributed by atoms with E-state index in [1.54, 1.807) is 0 Å². The molecule has 26 heavy (non-hydrogen) atoms. The molecule has 1 amide bonds. The molecule has 0 spiro atoms. The number of carboxylic acid groups (broad SMARTS) is 1. The third-order valence-electron chi connectivity index (χ3n) is 4.35. The van der Waals surface area contributed by atoms with Crippen LogP contribution in [0.3, 0.4) is 0 Å². The molecule has 134 valence electrons. The normalized spacial score (nSPS) is 16.5. The SMILES string of the molecule is Cc1ccc(C2=NN(C(=O)CCC(=O)[O-])[C@H](c3ccc(Br)cc3)C2)cc1. The number of carbonyl (C=O) groups excluding carboxylic acids is 2. The van der Waals surface area contributed by atoms with Crippen molar-refractivity contribution in [3.05, 3.63) is 69.7 Å². The molecule has 1 aliphatic rings. The van der Waals surface area contributed by atoms with Crippen LogP contribution in [0.25, 0.3) is 0 Å². The summed E-state index contributed by atoms with van der Waals surface area (Å²) in [4.78, 5) is 23.3. The molecule has 0 saturated carbocycles. The van der Waals surface area contributed by atoms with Crippen molar-refractivity contribution in [1.29, 1.82) is 0 Å². The summed E-state index contributed by atoms with van der Waals surface area (Å²) >= 11 is 3.41. The van der Waals surface area contributed by atoms with E-state index in [0.717, 1.165) is 26.9 Å². The minimum atomic E-state index is -1.24. The molecule has 0 N–H and O–H groups in total. The van der Waals surface area contributed by atoms with Crippen molar-refractivity contribution in [3.8, 4) is 0 Å². The third kappa shape index (κ3) is 4.19. The van der Waals surface area contributed by atoms with Crippen molar-refractivity contribution >= 4 is 33.5 Å². The molecule has 2 aromatic carbocycles. The number of carboxylic acids is 1. The maximum Gasteiger partial charge on any atom is 0.243 e. The molecule has 0 unspecified atom stereocenters. The van der Waals surface area contributed by atoms with Crippen LogP contribution in [0.5, 0.6) is 0 Å². The van der Waals surface area contributed by atoms with Crippen LogP contribution in [0.15, 0.2) is 58.1 Å². The fourth-order valence-electron chi connectivity index (χ4n) is 2.93. The van der Waals surface area contributed by atoms with Gasteiger partial charge in [-0.3, -0.25) is 4.79 Å². The van der Waals surface area contributed by atoms with E-state index in [4.69, 9.17) is 0 Å². The van der Waals surface area contributed by atoms with Crippen LogP contribution in [0.4, 0.5) is 0 Å². The lowest BCUT2D eigenvalue weighted by Gasteiger charge is -2.22. The molecule has 1 atom stereocenters. The first-order chi connectivity index (χ1) is 12.4. The number of aliphatic carboxylic acids is 1. The van der Waals surface area contributed by atoms with Gasteiger partial charge in [-0.1, -0.05) is 57.9 Å². The molecular formula is C20H18BrN2O3-. The molecule has 3 rings (SSSR count). The number of hydrazone groups is 1. The first-order valence-electron chi connectivity index (χ1n) is 8.36. The minimum absolute atomic E-state index is 0.125. The zero-order valence-electron chi connectivity index (χ0n) is 14.3. The second kappa shape index (κ2) is 7.83. The van der Waals surface area contributed by atoms with Crippen LogP contribution in [-0.2, 0) is 9.59 Å². The van der Waals surface area contributed by atoms with Crippen LogP contribution in [0.2, 0.25) is 0 Å². The third-order valence-corrected chi connectivity index (χ3v) is 4.88. The van der Waals surface area contributed by atoms with Crippen LogP contribution in [0.1, 0.15) is 42.0 Å². The average Bonchev–Trinajstić information content (AvgIpc) is 3.06. The van der Waals surface area contributed by atoms with E-state index in [9.17, 15) is 14.7 Å². The van der Waals surface area contributed by atoms with Crippen molar-refractivity contribution in [2.75, 3.05) is 0 Å². The van der Waals surface area contributed by atoms with Gasteiger partial charge in [0, 0.05) is 23.3 Å². The van der Waals surface area contributed by atoms with Gasteiger partial charge in [-0.2, -0.15) is 5.10 Å².